The third-order valence-corrected chi connectivity index (χ3v) is 1.27. The van der Waals surface area contributed by atoms with Crippen molar-refractivity contribution < 1.29 is 143 Å². The molecule has 1 atom stereocenters. The van der Waals surface area contributed by atoms with E-state index in [0.29, 0.717) is 6.42 Å². The minimum atomic E-state index is -0.106. The fraction of sp³-hybridized carbons (Fsp3) is 0.545. The standard InChI is InChI=1S/C7H13NO.C2H6.2CH3.5W.Y/c1-5-7(6(2)9)8(3)4;1-2;;;;;;;;/h7H,1,3,5H2,2,4H3;1-2H3;2*1H3;;;;;;/q-2;;2*-1;;;;;;/t7-;;;;;;;;;/m1........./s1. The fourth-order valence-corrected chi connectivity index (χ4v) is 0.734. The van der Waals surface area contributed by atoms with Gasteiger partial charge in [0, 0.05) is 144 Å². The van der Waals surface area contributed by atoms with E-state index in [0.717, 1.165) is 0 Å². The molecule has 0 amide bonds. The molecule has 0 aliphatic heterocycles. The molecule has 19 heavy (non-hydrogen) atoms. The molecule has 0 saturated heterocycles. The summed E-state index contributed by atoms with van der Waals surface area (Å²) in [7, 11) is 5.38. The van der Waals surface area contributed by atoms with Crippen LogP contribution in [0.25, 0.3) is 0 Å². The quantitative estimate of drug-likeness (QED) is 0.406. The van der Waals surface area contributed by atoms with E-state index in [2.05, 4.69) is 14.0 Å². The molecular formula is C11H25NOW5Y-4. The van der Waals surface area contributed by atoms with Crippen molar-refractivity contribution in [2.45, 2.75) is 33.2 Å². The van der Waals surface area contributed by atoms with Gasteiger partial charge in [-0.25, -0.2) is 0 Å². The summed E-state index contributed by atoms with van der Waals surface area (Å²) in [5.41, 5.74) is 0. The Kier molecular flexibility index (Phi) is 171. The summed E-state index contributed by atoms with van der Waals surface area (Å²) in [5.74, 6) is 0.127. The summed E-state index contributed by atoms with van der Waals surface area (Å²) in [5, 5.41) is 0. The third-order valence-electron chi connectivity index (χ3n) is 1.27. The summed E-state index contributed by atoms with van der Waals surface area (Å²) in [6, 6.07) is -0.106. The largest absolute Gasteiger partial charge is 0.455 e. The van der Waals surface area contributed by atoms with Crippen molar-refractivity contribution in [2.75, 3.05) is 7.05 Å². The molecule has 0 spiro atoms. The van der Waals surface area contributed by atoms with Crippen LogP contribution in [0.1, 0.15) is 27.2 Å². The Morgan fingerprint density at radius 3 is 1.26 bits per heavy atom. The molecule has 0 heterocycles. The molecule has 117 valence electrons. The van der Waals surface area contributed by atoms with Crippen molar-refractivity contribution in [1.82, 2.24) is 4.90 Å². The van der Waals surface area contributed by atoms with E-state index in [-0.39, 0.29) is 165 Å². The van der Waals surface area contributed by atoms with E-state index < -0.39 is 0 Å². The normalized spacial score (nSPS) is 6.89. The molecule has 0 fully saturated rings. The fourth-order valence-electron chi connectivity index (χ4n) is 0.734. The molecule has 0 bridgehead atoms. The van der Waals surface area contributed by atoms with Crippen LogP contribution >= 0.6 is 0 Å². The van der Waals surface area contributed by atoms with Gasteiger partial charge in [0.15, 0.2) is 0 Å². The summed E-state index contributed by atoms with van der Waals surface area (Å²) in [4.78, 5) is 12.3. The van der Waals surface area contributed by atoms with E-state index in [9.17, 15) is 4.79 Å². The van der Waals surface area contributed by atoms with Gasteiger partial charge in [-0.05, 0) is 14.0 Å². The molecule has 0 aromatic rings. The number of nitrogens with zero attached hydrogens (tertiary/aromatic N) is 1. The van der Waals surface area contributed by atoms with Gasteiger partial charge >= 0.3 is 0 Å². The second-order valence-electron chi connectivity index (χ2n) is 2.17. The number of likely N-dealkylation sites (N-methyl/N-ethyl adjacent to an activating group) is 1. The zero-order valence-corrected chi connectivity index (χ0v) is 30.2. The number of carbonyl (C=O) groups excluding carboxylic acids is 1. The second kappa shape index (κ2) is 49.5. The van der Waals surface area contributed by atoms with Crippen molar-refractivity contribution in [2.24, 2.45) is 0 Å². The Labute approximate surface area is 219 Å². The SMILES string of the molecule is CC.[CH2-]C[C@H](C(C)=O)N([CH2-])C.[CH3-].[CH3-].[W].[W].[W].[W].[W].[Y]. The van der Waals surface area contributed by atoms with Crippen LogP contribution in [-0.4, -0.2) is 23.8 Å². The van der Waals surface area contributed by atoms with Crippen molar-refractivity contribution in [3.63, 3.8) is 0 Å². The Morgan fingerprint density at radius 1 is 1.05 bits per heavy atom. The molecule has 0 unspecified atom stereocenters. The van der Waals surface area contributed by atoms with E-state index in [1.807, 2.05) is 13.8 Å². The predicted octanol–water partition coefficient (Wildman–Crippen LogP) is 2.80. The van der Waals surface area contributed by atoms with Crippen molar-refractivity contribution in [1.29, 1.82) is 0 Å². The number of ketones is 1. The Morgan fingerprint density at radius 2 is 1.26 bits per heavy atom. The van der Waals surface area contributed by atoms with Crippen molar-refractivity contribution in [3.05, 3.63) is 28.8 Å². The van der Waals surface area contributed by atoms with Crippen LogP contribution < -0.4 is 0 Å². The molecule has 8 heteroatoms. The average molecular weight is 1200 g/mol. The van der Waals surface area contributed by atoms with Crippen LogP contribution in [0, 0.1) is 28.8 Å². The molecule has 0 aromatic heterocycles. The van der Waals surface area contributed by atoms with E-state index in [1.54, 1.807) is 18.9 Å². The molecule has 2 nitrogen and oxygen atoms in total. The number of rotatable bonds is 3. The van der Waals surface area contributed by atoms with Crippen molar-refractivity contribution >= 4 is 5.78 Å². The number of carbonyl (C=O) groups is 1. The van der Waals surface area contributed by atoms with Gasteiger partial charge in [-0.15, -0.1) is 0 Å². The molecule has 1 radical (unpaired) electrons. The number of hydrogen-bond donors (Lipinski definition) is 0. The van der Waals surface area contributed by atoms with Crippen molar-refractivity contribution in [3.8, 4) is 0 Å². The number of Topliss-reactive ketones (excluding diaryl/α,β-unsaturated/α-hetero) is 1. The van der Waals surface area contributed by atoms with Crippen LogP contribution in [0.3, 0.4) is 0 Å². The van der Waals surface area contributed by atoms with Gasteiger partial charge in [0.05, 0.1) is 0 Å². The first-order valence-corrected chi connectivity index (χ1v) is 3.92. The topological polar surface area (TPSA) is 20.3 Å². The van der Waals surface area contributed by atoms with Crippen LogP contribution in [0.15, 0.2) is 0 Å². The minimum Gasteiger partial charge on any atom is -0.455 e. The first kappa shape index (κ1) is 65.7. The zero-order valence-electron chi connectivity index (χ0n) is 12.7. The van der Waals surface area contributed by atoms with Gasteiger partial charge in [-0.2, -0.15) is 6.42 Å². The van der Waals surface area contributed by atoms with Gasteiger partial charge in [0.1, 0.15) is 5.78 Å². The molecular weight excluding hydrogens is 1170 g/mol. The van der Waals surface area contributed by atoms with Gasteiger partial charge in [-0.1, -0.05) is 13.8 Å². The smallest absolute Gasteiger partial charge is 0.141 e. The monoisotopic (exact) mass is 1200 g/mol. The second-order valence-corrected chi connectivity index (χ2v) is 2.17. The summed E-state index contributed by atoms with van der Waals surface area (Å²) in [6.45, 7) is 9.18. The zero-order chi connectivity index (χ0) is 9.44. The Hall–Kier alpha value is 4.18. The average Bonchev–Trinajstić information content (AvgIpc) is 1.91. The van der Waals surface area contributed by atoms with Gasteiger partial charge in [0.2, 0.25) is 0 Å². The predicted molar refractivity (Wildman–Crippen MR) is 61.7 cm³/mol. The molecule has 0 N–H and O–H groups in total. The maximum absolute atomic E-state index is 10.7. The number of hydrogen-bond acceptors (Lipinski definition) is 2. The molecule has 0 rings (SSSR count). The van der Waals surface area contributed by atoms with Crippen LogP contribution in [-0.2, 0) is 143 Å². The van der Waals surface area contributed by atoms with Gasteiger partial charge < -0.3 is 26.7 Å². The third kappa shape index (κ3) is 44.9. The van der Waals surface area contributed by atoms with E-state index in [4.69, 9.17) is 0 Å². The van der Waals surface area contributed by atoms with Gasteiger partial charge in [-0.3, -0.25) is 11.8 Å². The van der Waals surface area contributed by atoms with E-state index in [1.165, 1.54) is 0 Å². The minimum absolute atomic E-state index is 0. The Bertz CT molecular complexity index is 121. The van der Waals surface area contributed by atoms with Crippen LogP contribution in [0.4, 0.5) is 0 Å². The Balaban J connectivity index is -0.00000000966. The molecule has 0 aromatic carbocycles. The van der Waals surface area contributed by atoms with Crippen LogP contribution in [0.2, 0.25) is 0 Å². The maximum atomic E-state index is 10.7. The molecule has 0 saturated carbocycles. The molecule has 0 aliphatic carbocycles. The first-order chi connectivity index (χ1) is 5.09. The summed E-state index contributed by atoms with van der Waals surface area (Å²) in [6.07, 6.45) is 0.593. The maximum Gasteiger partial charge on any atom is 0.141 e. The molecule has 0 aliphatic rings. The summed E-state index contributed by atoms with van der Waals surface area (Å²) < 4.78 is 0. The summed E-state index contributed by atoms with van der Waals surface area (Å²) >= 11 is 0. The first-order valence-electron chi connectivity index (χ1n) is 3.92. The van der Waals surface area contributed by atoms with E-state index >= 15 is 0 Å². The van der Waals surface area contributed by atoms with Gasteiger partial charge in [0.25, 0.3) is 0 Å². The van der Waals surface area contributed by atoms with Crippen LogP contribution in [0.5, 0.6) is 0 Å².